The standard InChI is InChI=1S/C19H21N5O3/c1-12-6-4-7-14(10-12)22-8-5-9-23-15-16(20-18(22)23)21(3)19(27)24(17(15)26)11-13(2)25/h4,6-7,10H,5,8-9,11H2,1-3H3. The Morgan fingerprint density at radius 2 is 2.00 bits per heavy atom. The summed E-state index contributed by atoms with van der Waals surface area (Å²) in [5, 5.41) is 0. The lowest BCUT2D eigenvalue weighted by Crippen LogP contribution is -2.41. The quantitative estimate of drug-likeness (QED) is 0.698. The van der Waals surface area contributed by atoms with Crippen LogP contribution in [0, 0.1) is 6.92 Å². The van der Waals surface area contributed by atoms with Gasteiger partial charge in [0.25, 0.3) is 5.56 Å². The van der Waals surface area contributed by atoms with Crippen molar-refractivity contribution in [1.29, 1.82) is 0 Å². The molecule has 27 heavy (non-hydrogen) atoms. The maximum atomic E-state index is 13.0. The molecule has 0 N–H and O–H groups in total. The number of hydrogen-bond acceptors (Lipinski definition) is 5. The first-order valence-electron chi connectivity index (χ1n) is 8.92. The Balaban J connectivity index is 2.00. The third kappa shape index (κ3) is 2.68. The number of hydrogen-bond donors (Lipinski definition) is 0. The van der Waals surface area contributed by atoms with E-state index >= 15 is 0 Å². The molecule has 0 saturated carbocycles. The largest absolute Gasteiger partial charge is 0.332 e. The molecule has 140 valence electrons. The van der Waals surface area contributed by atoms with E-state index in [-0.39, 0.29) is 12.3 Å². The van der Waals surface area contributed by atoms with E-state index in [2.05, 4.69) is 16.0 Å². The van der Waals surface area contributed by atoms with Crippen molar-refractivity contribution in [2.75, 3.05) is 11.4 Å². The molecule has 1 aromatic carbocycles. The van der Waals surface area contributed by atoms with Crippen molar-refractivity contribution in [1.82, 2.24) is 18.7 Å². The number of carbonyl (C=O) groups is 1. The Bertz CT molecular complexity index is 1180. The Morgan fingerprint density at radius 1 is 1.22 bits per heavy atom. The molecule has 0 saturated heterocycles. The maximum absolute atomic E-state index is 13.0. The van der Waals surface area contributed by atoms with Crippen LogP contribution in [0.25, 0.3) is 11.2 Å². The summed E-state index contributed by atoms with van der Waals surface area (Å²) in [7, 11) is 1.58. The number of fused-ring (bicyclic) bond motifs is 3. The predicted molar refractivity (Wildman–Crippen MR) is 103 cm³/mol. The molecule has 0 aliphatic carbocycles. The lowest BCUT2D eigenvalue weighted by molar-refractivity contribution is -0.117. The molecule has 0 atom stereocenters. The average Bonchev–Trinajstić information content (AvgIpc) is 3.03. The van der Waals surface area contributed by atoms with Crippen LogP contribution in [-0.4, -0.2) is 31.0 Å². The van der Waals surface area contributed by atoms with Crippen LogP contribution in [0.2, 0.25) is 0 Å². The fraction of sp³-hybridized carbons (Fsp3) is 0.368. The van der Waals surface area contributed by atoms with E-state index in [1.165, 1.54) is 11.5 Å². The van der Waals surface area contributed by atoms with Gasteiger partial charge in [0.1, 0.15) is 5.78 Å². The molecule has 4 rings (SSSR count). The van der Waals surface area contributed by atoms with Gasteiger partial charge in [0.15, 0.2) is 11.2 Å². The van der Waals surface area contributed by atoms with Crippen molar-refractivity contribution >= 4 is 28.6 Å². The van der Waals surface area contributed by atoms with Crippen LogP contribution in [-0.2, 0) is 24.9 Å². The Hall–Kier alpha value is -3.16. The molecule has 3 heterocycles. The van der Waals surface area contributed by atoms with Gasteiger partial charge in [0, 0.05) is 25.8 Å². The first-order chi connectivity index (χ1) is 12.9. The van der Waals surface area contributed by atoms with Gasteiger partial charge in [-0.1, -0.05) is 12.1 Å². The van der Waals surface area contributed by atoms with Gasteiger partial charge in [-0.25, -0.2) is 4.79 Å². The van der Waals surface area contributed by atoms with E-state index in [1.807, 2.05) is 29.7 Å². The molecule has 0 amide bonds. The summed E-state index contributed by atoms with van der Waals surface area (Å²) in [5.41, 5.74) is 1.86. The molecule has 1 aliphatic rings. The van der Waals surface area contributed by atoms with Crippen LogP contribution in [0.1, 0.15) is 18.9 Å². The smallest absolute Gasteiger partial charge is 0.312 e. The Kier molecular flexibility index (Phi) is 3.98. The minimum Gasteiger partial charge on any atom is -0.312 e. The van der Waals surface area contributed by atoms with Gasteiger partial charge in [-0.15, -0.1) is 0 Å². The van der Waals surface area contributed by atoms with Gasteiger partial charge in [0.2, 0.25) is 5.95 Å². The molecule has 2 aromatic heterocycles. The molecule has 8 nitrogen and oxygen atoms in total. The first-order valence-corrected chi connectivity index (χ1v) is 8.92. The number of ketones is 1. The van der Waals surface area contributed by atoms with Gasteiger partial charge in [0.05, 0.1) is 6.54 Å². The second-order valence-corrected chi connectivity index (χ2v) is 7.01. The lowest BCUT2D eigenvalue weighted by Gasteiger charge is -2.29. The van der Waals surface area contributed by atoms with E-state index in [9.17, 15) is 14.4 Å². The van der Waals surface area contributed by atoms with Crippen LogP contribution in [0.15, 0.2) is 33.9 Å². The number of benzene rings is 1. The Labute approximate surface area is 155 Å². The maximum Gasteiger partial charge on any atom is 0.332 e. The van der Waals surface area contributed by atoms with Crippen molar-refractivity contribution in [3.8, 4) is 0 Å². The Morgan fingerprint density at radius 3 is 2.70 bits per heavy atom. The van der Waals surface area contributed by atoms with E-state index in [4.69, 9.17) is 0 Å². The van der Waals surface area contributed by atoms with Crippen LogP contribution in [0.4, 0.5) is 11.6 Å². The average molecular weight is 367 g/mol. The third-order valence-corrected chi connectivity index (χ3v) is 4.91. The zero-order valence-electron chi connectivity index (χ0n) is 15.6. The van der Waals surface area contributed by atoms with E-state index in [1.54, 1.807) is 7.05 Å². The van der Waals surface area contributed by atoms with Gasteiger partial charge in [-0.2, -0.15) is 4.98 Å². The van der Waals surface area contributed by atoms with Crippen LogP contribution in [0.3, 0.4) is 0 Å². The predicted octanol–water partition coefficient (Wildman–Crippen LogP) is 1.34. The molecule has 0 bridgehead atoms. The van der Waals surface area contributed by atoms with Gasteiger partial charge in [-0.3, -0.25) is 18.7 Å². The summed E-state index contributed by atoms with van der Waals surface area (Å²) < 4.78 is 4.20. The highest BCUT2D eigenvalue weighted by Gasteiger charge is 2.27. The first kappa shape index (κ1) is 17.3. The van der Waals surface area contributed by atoms with Crippen LogP contribution < -0.4 is 16.1 Å². The molecule has 0 spiro atoms. The minimum atomic E-state index is -0.528. The summed E-state index contributed by atoms with van der Waals surface area (Å²) in [4.78, 5) is 43.8. The highest BCUT2D eigenvalue weighted by molar-refractivity contribution is 5.78. The number of nitrogens with zero attached hydrogens (tertiary/aromatic N) is 5. The number of aryl methyl sites for hydroxylation is 3. The van der Waals surface area contributed by atoms with Crippen molar-refractivity contribution in [3.63, 3.8) is 0 Å². The lowest BCUT2D eigenvalue weighted by atomic mass is 10.2. The zero-order chi connectivity index (χ0) is 19.3. The SMILES string of the molecule is CC(=O)Cn1c(=O)c2c(nc3n2CCCN3c2cccc(C)c2)n(C)c1=O. The summed E-state index contributed by atoms with van der Waals surface area (Å²) in [5.74, 6) is 0.405. The summed E-state index contributed by atoms with van der Waals surface area (Å²) >= 11 is 0. The fourth-order valence-corrected chi connectivity index (χ4v) is 3.67. The topological polar surface area (TPSA) is 82.1 Å². The minimum absolute atomic E-state index is 0.233. The van der Waals surface area contributed by atoms with Gasteiger partial charge >= 0.3 is 5.69 Å². The van der Waals surface area contributed by atoms with E-state index in [0.717, 1.165) is 28.8 Å². The molecule has 8 heteroatoms. The van der Waals surface area contributed by atoms with E-state index in [0.29, 0.717) is 23.7 Å². The molecule has 3 aromatic rings. The van der Waals surface area contributed by atoms with Gasteiger partial charge < -0.3 is 9.47 Å². The number of anilines is 2. The monoisotopic (exact) mass is 367 g/mol. The summed E-state index contributed by atoms with van der Waals surface area (Å²) in [6, 6.07) is 8.10. The van der Waals surface area contributed by atoms with Crippen molar-refractivity contribution in [2.45, 2.75) is 33.4 Å². The second-order valence-electron chi connectivity index (χ2n) is 7.01. The van der Waals surface area contributed by atoms with E-state index < -0.39 is 11.2 Å². The highest BCUT2D eigenvalue weighted by atomic mass is 16.2. The number of Topliss-reactive ketones (excluding diaryl/α,β-unsaturated/α-hetero) is 1. The van der Waals surface area contributed by atoms with Crippen molar-refractivity contribution < 1.29 is 4.79 Å². The third-order valence-electron chi connectivity index (χ3n) is 4.91. The molecule has 0 fully saturated rings. The number of carbonyl (C=O) groups excluding carboxylic acids is 1. The van der Waals surface area contributed by atoms with Crippen LogP contribution >= 0.6 is 0 Å². The molecule has 0 unspecified atom stereocenters. The van der Waals surface area contributed by atoms with Crippen molar-refractivity contribution in [2.24, 2.45) is 7.05 Å². The summed E-state index contributed by atoms with van der Waals surface area (Å²) in [6.45, 7) is 4.58. The normalized spacial score (nSPS) is 13.8. The molecule has 0 radical (unpaired) electrons. The zero-order valence-corrected chi connectivity index (χ0v) is 15.6. The molecule has 1 aliphatic heterocycles. The number of rotatable bonds is 3. The van der Waals surface area contributed by atoms with Crippen LogP contribution in [0.5, 0.6) is 0 Å². The fourth-order valence-electron chi connectivity index (χ4n) is 3.67. The van der Waals surface area contributed by atoms with Crippen molar-refractivity contribution in [3.05, 3.63) is 50.7 Å². The highest BCUT2D eigenvalue weighted by Crippen LogP contribution is 2.31. The molecular weight excluding hydrogens is 346 g/mol. The number of imidazole rings is 1. The number of aromatic nitrogens is 4. The summed E-state index contributed by atoms with van der Waals surface area (Å²) in [6.07, 6.45) is 0.849. The van der Waals surface area contributed by atoms with Gasteiger partial charge in [-0.05, 0) is 38.0 Å². The molecular formula is C19H21N5O3. The second kappa shape index (κ2) is 6.22.